The molecule has 0 aliphatic carbocycles. The molecule has 32 heavy (non-hydrogen) atoms. The number of carboxylic acid groups (broad SMARTS) is 1. The van der Waals surface area contributed by atoms with E-state index in [2.05, 4.69) is 4.98 Å². The first-order chi connectivity index (χ1) is 14.9. The van der Waals surface area contributed by atoms with Gasteiger partial charge in [-0.15, -0.1) is 0 Å². The molecule has 12 heteroatoms. The van der Waals surface area contributed by atoms with Crippen LogP contribution < -0.4 is 10.9 Å². The first-order valence-electron chi connectivity index (χ1n) is 9.01. The minimum atomic E-state index is -4.77. The predicted octanol–water partition coefficient (Wildman–Crippen LogP) is 2.51. The molecule has 0 radical (unpaired) electrons. The maximum absolute atomic E-state index is 14.4. The molecule has 3 rings (SSSR count). The lowest BCUT2D eigenvalue weighted by Crippen LogP contribution is -2.41. The van der Waals surface area contributed by atoms with Gasteiger partial charge in [-0.2, -0.15) is 13.2 Å². The van der Waals surface area contributed by atoms with Crippen LogP contribution in [0, 0.1) is 5.82 Å². The third-order valence-electron chi connectivity index (χ3n) is 4.65. The molecule has 1 amide bonds. The van der Waals surface area contributed by atoms with Crippen molar-refractivity contribution in [2.24, 2.45) is 0 Å². The molecular formula is C20H15F4N3O5. The Morgan fingerprint density at radius 3 is 2.53 bits per heavy atom. The van der Waals surface area contributed by atoms with Gasteiger partial charge in [0, 0.05) is 11.8 Å². The number of nitrogens with one attached hydrogen (secondary N) is 1. The van der Waals surface area contributed by atoms with Gasteiger partial charge >= 0.3 is 12.1 Å². The highest BCUT2D eigenvalue weighted by atomic mass is 19.4. The highest BCUT2D eigenvalue weighted by molar-refractivity contribution is 6.02. The fourth-order valence-corrected chi connectivity index (χ4v) is 2.98. The lowest BCUT2D eigenvalue weighted by molar-refractivity contribution is -0.139. The minimum Gasteiger partial charge on any atom is -0.505 e. The zero-order valence-corrected chi connectivity index (χ0v) is 16.3. The van der Waals surface area contributed by atoms with Crippen LogP contribution in [0.4, 0.5) is 17.6 Å². The summed E-state index contributed by atoms with van der Waals surface area (Å²) in [6.45, 7) is 0.548. The molecule has 0 aliphatic heterocycles. The number of hydrogen-bond donors (Lipinski definition) is 3. The number of fused-ring (bicyclic) bond motifs is 1. The van der Waals surface area contributed by atoms with Gasteiger partial charge in [-0.3, -0.25) is 19.4 Å². The summed E-state index contributed by atoms with van der Waals surface area (Å²) in [5.41, 5.74) is -3.69. The van der Waals surface area contributed by atoms with Crippen LogP contribution in [-0.4, -0.2) is 37.7 Å². The average Bonchev–Trinajstić information content (AvgIpc) is 2.71. The number of benzene rings is 1. The number of rotatable bonds is 5. The second-order valence-electron chi connectivity index (χ2n) is 6.82. The van der Waals surface area contributed by atoms with Gasteiger partial charge in [0.15, 0.2) is 5.75 Å². The normalized spacial score (nSPS) is 12.5. The quantitative estimate of drug-likeness (QED) is 0.511. The van der Waals surface area contributed by atoms with Gasteiger partial charge in [0.2, 0.25) is 0 Å². The molecule has 3 aromatic rings. The number of nitrogens with zero attached hydrogens (tertiary/aromatic N) is 2. The number of pyridine rings is 2. The molecule has 168 valence electrons. The maximum Gasteiger partial charge on any atom is 0.416 e. The summed E-state index contributed by atoms with van der Waals surface area (Å²) in [6, 6.07) is 3.11. The predicted molar refractivity (Wildman–Crippen MR) is 103 cm³/mol. The molecule has 1 atom stereocenters. The molecule has 0 spiro atoms. The number of carbonyl (C=O) groups is 2. The van der Waals surface area contributed by atoms with Crippen molar-refractivity contribution < 1.29 is 37.4 Å². The molecule has 0 saturated carbocycles. The van der Waals surface area contributed by atoms with Crippen LogP contribution in [0.5, 0.6) is 5.75 Å². The number of carboxylic acids is 1. The van der Waals surface area contributed by atoms with Crippen molar-refractivity contribution in [2.75, 3.05) is 0 Å². The number of aromatic hydroxyl groups is 1. The van der Waals surface area contributed by atoms with Crippen LogP contribution in [0.25, 0.3) is 11.0 Å². The van der Waals surface area contributed by atoms with E-state index >= 15 is 0 Å². The number of carbonyl (C=O) groups excluding carboxylic acids is 1. The molecule has 0 aliphatic rings. The number of aromatic nitrogens is 2. The molecule has 2 aromatic heterocycles. The number of hydrogen-bond acceptors (Lipinski definition) is 5. The smallest absolute Gasteiger partial charge is 0.416 e. The van der Waals surface area contributed by atoms with E-state index < -0.39 is 58.9 Å². The van der Waals surface area contributed by atoms with E-state index in [0.29, 0.717) is 6.07 Å². The van der Waals surface area contributed by atoms with Gasteiger partial charge < -0.3 is 20.1 Å². The minimum absolute atomic E-state index is 0.0165. The van der Waals surface area contributed by atoms with E-state index in [4.69, 9.17) is 5.11 Å². The summed E-state index contributed by atoms with van der Waals surface area (Å²) in [4.78, 5) is 40.4. The number of aliphatic carboxylic acids is 1. The van der Waals surface area contributed by atoms with Gasteiger partial charge in [0.1, 0.15) is 22.9 Å². The van der Waals surface area contributed by atoms with E-state index in [9.17, 15) is 37.1 Å². The first-order valence-corrected chi connectivity index (χ1v) is 9.01. The molecule has 0 bridgehead atoms. The second kappa shape index (κ2) is 8.29. The summed E-state index contributed by atoms with van der Waals surface area (Å²) < 4.78 is 53.6. The molecule has 8 nitrogen and oxygen atoms in total. The van der Waals surface area contributed by atoms with Gasteiger partial charge in [-0.1, -0.05) is 6.07 Å². The van der Waals surface area contributed by atoms with Crippen LogP contribution in [0.3, 0.4) is 0 Å². The van der Waals surface area contributed by atoms with E-state index in [1.54, 1.807) is 0 Å². The van der Waals surface area contributed by atoms with Crippen LogP contribution >= 0.6 is 0 Å². The summed E-state index contributed by atoms with van der Waals surface area (Å²) in [7, 11) is 0. The topological polar surface area (TPSA) is 122 Å². The molecule has 1 unspecified atom stereocenters. The van der Waals surface area contributed by atoms with Crippen LogP contribution in [0.1, 0.15) is 28.4 Å². The summed E-state index contributed by atoms with van der Waals surface area (Å²) in [6.07, 6.45) is -3.52. The average molecular weight is 453 g/mol. The van der Waals surface area contributed by atoms with Gasteiger partial charge in [-0.05, 0) is 31.2 Å². The highest BCUT2D eigenvalue weighted by Gasteiger charge is 2.31. The molecule has 2 heterocycles. The number of amides is 1. The third-order valence-corrected chi connectivity index (χ3v) is 4.65. The highest BCUT2D eigenvalue weighted by Crippen LogP contribution is 2.31. The zero-order valence-electron chi connectivity index (χ0n) is 16.3. The first kappa shape index (κ1) is 22.7. The van der Waals surface area contributed by atoms with Crippen molar-refractivity contribution in [3.8, 4) is 5.75 Å². The van der Waals surface area contributed by atoms with Crippen LogP contribution in [0.15, 0.2) is 41.3 Å². The van der Waals surface area contributed by atoms with E-state index in [1.807, 2.05) is 5.32 Å². The van der Waals surface area contributed by atoms with Gasteiger partial charge in [0.05, 0.1) is 17.6 Å². The molecular weight excluding hydrogens is 438 g/mol. The Morgan fingerprint density at radius 2 is 1.94 bits per heavy atom. The molecule has 1 aromatic carbocycles. The SMILES string of the molecule is CC(NC(=O)c1c(O)c2ncccc2n(Cc2ccc(C(F)(F)F)cc2F)c1=O)C(=O)O. The summed E-state index contributed by atoms with van der Waals surface area (Å²) >= 11 is 0. The van der Waals surface area contributed by atoms with E-state index in [0.717, 1.165) is 17.6 Å². The number of alkyl halides is 3. The van der Waals surface area contributed by atoms with Gasteiger partial charge in [0.25, 0.3) is 11.5 Å². The van der Waals surface area contributed by atoms with Crippen molar-refractivity contribution in [1.82, 2.24) is 14.9 Å². The Bertz CT molecular complexity index is 1290. The Morgan fingerprint density at radius 1 is 1.25 bits per heavy atom. The summed E-state index contributed by atoms with van der Waals surface area (Å²) in [5.74, 6) is -4.66. The maximum atomic E-state index is 14.4. The van der Waals surface area contributed by atoms with Crippen molar-refractivity contribution in [3.05, 3.63) is 69.4 Å². The van der Waals surface area contributed by atoms with Crippen molar-refractivity contribution in [3.63, 3.8) is 0 Å². The van der Waals surface area contributed by atoms with E-state index in [1.165, 1.54) is 18.3 Å². The molecule has 3 N–H and O–H groups in total. The second-order valence-corrected chi connectivity index (χ2v) is 6.82. The molecule has 0 saturated heterocycles. The standard InChI is InChI=1S/C20H15F4N3O5/c1-9(19(31)32)26-17(29)14-16(28)15-13(3-2-6-25-15)27(18(14)30)8-10-4-5-11(7-12(10)21)20(22,23)24/h2-7,9,28H,8H2,1H3,(H,26,29)(H,31,32). The summed E-state index contributed by atoms with van der Waals surface area (Å²) in [5, 5.41) is 21.4. The van der Waals surface area contributed by atoms with Crippen LogP contribution in [-0.2, 0) is 17.5 Å². The van der Waals surface area contributed by atoms with Gasteiger partial charge in [-0.25, -0.2) is 4.39 Å². The van der Waals surface area contributed by atoms with E-state index in [-0.39, 0.29) is 22.7 Å². The van der Waals surface area contributed by atoms with Crippen molar-refractivity contribution >= 4 is 22.9 Å². The lowest BCUT2D eigenvalue weighted by atomic mass is 10.1. The number of halogens is 4. The fourth-order valence-electron chi connectivity index (χ4n) is 2.98. The monoisotopic (exact) mass is 453 g/mol. The Hall–Kier alpha value is -3.96. The van der Waals surface area contributed by atoms with Crippen LogP contribution in [0.2, 0.25) is 0 Å². The fraction of sp³-hybridized carbons (Fsp3) is 0.200. The lowest BCUT2D eigenvalue weighted by Gasteiger charge is -2.16. The largest absolute Gasteiger partial charge is 0.505 e. The Kier molecular flexibility index (Phi) is 5.88. The molecule has 0 fully saturated rings. The van der Waals surface area contributed by atoms with Crippen molar-refractivity contribution in [1.29, 1.82) is 0 Å². The Balaban J connectivity index is 2.16. The van der Waals surface area contributed by atoms with Crippen molar-refractivity contribution in [2.45, 2.75) is 25.7 Å². The third kappa shape index (κ3) is 4.24. The zero-order chi connectivity index (χ0) is 23.8. The Labute approximate surface area is 176 Å².